The quantitative estimate of drug-likeness (QED) is 0.783. The molecule has 1 atom stereocenters. The fourth-order valence-electron chi connectivity index (χ4n) is 3.57. The molecule has 130 valence electrons. The normalized spacial score (nSPS) is 16.8. The Labute approximate surface area is 152 Å². The molecule has 1 saturated heterocycles. The van der Waals surface area contributed by atoms with Gasteiger partial charge in [0.1, 0.15) is 0 Å². The van der Waals surface area contributed by atoms with Crippen LogP contribution in [-0.2, 0) is 9.59 Å². The Kier molecular flexibility index (Phi) is 4.40. The van der Waals surface area contributed by atoms with Crippen molar-refractivity contribution in [3.8, 4) is 0 Å². The highest BCUT2D eigenvalue weighted by molar-refractivity contribution is 6.03. The van der Waals surface area contributed by atoms with E-state index in [1.165, 1.54) is 0 Å². The lowest BCUT2D eigenvalue weighted by Crippen LogP contribution is -2.34. The average molecular weight is 344 g/mol. The molecule has 1 heterocycles. The van der Waals surface area contributed by atoms with Gasteiger partial charge in [-0.2, -0.15) is 0 Å². The molecule has 0 aliphatic carbocycles. The lowest BCUT2D eigenvalue weighted by atomic mass is 9.99. The zero-order valence-electron chi connectivity index (χ0n) is 14.4. The minimum atomic E-state index is -0.164. The maximum Gasteiger partial charge on any atom is 0.244 e. The van der Waals surface area contributed by atoms with Crippen LogP contribution in [0.1, 0.15) is 17.9 Å². The van der Waals surface area contributed by atoms with Crippen molar-refractivity contribution in [2.24, 2.45) is 0 Å². The summed E-state index contributed by atoms with van der Waals surface area (Å²) in [7, 11) is 0. The number of benzene rings is 3. The van der Waals surface area contributed by atoms with Crippen molar-refractivity contribution in [2.75, 3.05) is 18.4 Å². The van der Waals surface area contributed by atoms with E-state index in [1.807, 2.05) is 72.8 Å². The van der Waals surface area contributed by atoms with Crippen LogP contribution in [0.15, 0.2) is 72.8 Å². The first-order valence-electron chi connectivity index (χ1n) is 8.81. The number of hydrogen-bond acceptors (Lipinski definition) is 2. The summed E-state index contributed by atoms with van der Waals surface area (Å²) in [4.78, 5) is 26.5. The predicted molar refractivity (Wildman–Crippen MR) is 103 cm³/mol. The molecular weight excluding hydrogens is 324 g/mol. The molecule has 3 aromatic rings. The van der Waals surface area contributed by atoms with Crippen molar-refractivity contribution in [1.82, 2.24) is 4.90 Å². The van der Waals surface area contributed by atoms with Crippen LogP contribution in [0.4, 0.5) is 5.69 Å². The molecule has 26 heavy (non-hydrogen) atoms. The fourth-order valence-corrected chi connectivity index (χ4v) is 3.57. The van der Waals surface area contributed by atoms with Crippen LogP contribution in [0, 0.1) is 0 Å². The molecule has 4 rings (SSSR count). The van der Waals surface area contributed by atoms with E-state index >= 15 is 0 Å². The summed E-state index contributed by atoms with van der Waals surface area (Å²) in [6, 6.07) is 23.8. The van der Waals surface area contributed by atoms with Gasteiger partial charge in [0.25, 0.3) is 0 Å². The van der Waals surface area contributed by atoms with Crippen LogP contribution >= 0.6 is 0 Å². The number of nitrogens with one attached hydrogen (secondary N) is 1. The molecule has 1 fully saturated rings. The Morgan fingerprint density at radius 2 is 1.69 bits per heavy atom. The van der Waals surface area contributed by atoms with E-state index < -0.39 is 0 Å². The maximum absolute atomic E-state index is 12.5. The zero-order valence-corrected chi connectivity index (χ0v) is 14.4. The Balaban J connectivity index is 1.44. The van der Waals surface area contributed by atoms with Crippen LogP contribution < -0.4 is 5.32 Å². The Bertz CT molecular complexity index is 947. The third kappa shape index (κ3) is 3.31. The van der Waals surface area contributed by atoms with Crippen molar-refractivity contribution in [3.63, 3.8) is 0 Å². The summed E-state index contributed by atoms with van der Waals surface area (Å²) in [6.45, 7) is 0.678. The third-order valence-corrected chi connectivity index (χ3v) is 4.88. The first kappa shape index (κ1) is 16.3. The number of fused-ring (bicyclic) bond motifs is 1. The molecule has 0 spiro atoms. The first-order valence-corrected chi connectivity index (χ1v) is 8.81. The Hall–Kier alpha value is -3.14. The molecular formula is C22H20N2O2. The third-order valence-electron chi connectivity index (χ3n) is 4.88. The number of rotatable bonds is 4. The summed E-state index contributed by atoms with van der Waals surface area (Å²) in [5.74, 6) is 0.0318. The smallest absolute Gasteiger partial charge is 0.244 e. The topological polar surface area (TPSA) is 49.4 Å². The van der Waals surface area contributed by atoms with E-state index in [1.54, 1.807) is 4.90 Å². The molecule has 0 aromatic heterocycles. The second-order valence-electron chi connectivity index (χ2n) is 6.66. The van der Waals surface area contributed by atoms with Crippen molar-refractivity contribution in [2.45, 2.75) is 12.3 Å². The second-order valence-corrected chi connectivity index (χ2v) is 6.66. The molecule has 0 unspecified atom stereocenters. The highest BCUT2D eigenvalue weighted by atomic mass is 16.2. The molecule has 2 amide bonds. The highest BCUT2D eigenvalue weighted by Crippen LogP contribution is 2.28. The largest absolute Gasteiger partial charge is 0.333 e. The molecule has 3 aromatic carbocycles. The van der Waals surface area contributed by atoms with E-state index in [2.05, 4.69) is 5.32 Å². The van der Waals surface area contributed by atoms with Gasteiger partial charge in [-0.1, -0.05) is 66.7 Å². The van der Waals surface area contributed by atoms with Gasteiger partial charge in [-0.25, -0.2) is 0 Å². The van der Waals surface area contributed by atoms with Gasteiger partial charge in [0.15, 0.2) is 0 Å². The summed E-state index contributed by atoms with van der Waals surface area (Å²) in [5, 5.41) is 5.03. The lowest BCUT2D eigenvalue weighted by molar-refractivity contribution is -0.131. The van der Waals surface area contributed by atoms with Gasteiger partial charge in [0.2, 0.25) is 11.8 Å². The number of carbonyl (C=O) groups excluding carboxylic acids is 2. The number of nitrogens with zero attached hydrogens (tertiary/aromatic N) is 1. The summed E-state index contributed by atoms with van der Waals surface area (Å²) in [5.41, 5.74) is 1.93. The van der Waals surface area contributed by atoms with Gasteiger partial charge < -0.3 is 10.2 Å². The molecule has 1 aliphatic rings. The van der Waals surface area contributed by atoms with Crippen LogP contribution in [0.5, 0.6) is 0 Å². The van der Waals surface area contributed by atoms with Gasteiger partial charge in [-0.05, 0) is 17.0 Å². The molecule has 1 aliphatic heterocycles. The zero-order chi connectivity index (χ0) is 17.9. The SMILES string of the molecule is O=C(CN1C[C@H](c2ccccc2)CC1=O)Nc1cccc2ccccc12. The van der Waals surface area contributed by atoms with E-state index in [-0.39, 0.29) is 24.3 Å². The van der Waals surface area contributed by atoms with E-state index in [0.29, 0.717) is 13.0 Å². The minimum absolute atomic E-state index is 0.0342. The van der Waals surface area contributed by atoms with Crippen LogP contribution in [-0.4, -0.2) is 29.8 Å². The number of amides is 2. The fraction of sp³-hybridized carbons (Fsp3) is 0.182. The standard InChI is InChI=1S/C22H20N2O2/c25-21(23-20-12-6-10-17-9-4-5-11-19(17)20)15-24-14-18(13-22(24)26)16-7-2-1-3-8-16/h1-12,18H,13-15H2,(H,23,25)/t18-/m1/s1. The monoisotopic (exact) mass is 344 g/mol. The number of anilines is 1. The minimum Gasteiger partial charge on any atom is -0.333 e. The molecule has 0 radical (unpaired) electrons. The van der Waals surface area contributed by atoms with Gasteiger partial charge in [-0.15, -0.1) is 0 Å². The van der Waals surface area contributed by atoms with E-state index in [0.717, 1.165) is 22.0 Å². The molecule has 0 bridgehead atoms. The summed E-state index contributed by atoms with van der Waals surface area (Å²) < 4.78 is 0. The van der Waals surface area contributed by atoms with Crippen molar-refractivity contribution >= 4 is 28.3 Å². The second kappa shape index (κ2) is 7.00. The molecule has 0 saturated carbocycles. The first-order chi connectivity index (χ1) is 12.7. The van der Waals surface area contributed by atoms with Crippen LogP contribution in [0.3, 0.4) is 0 Å². The number of likely N-dealkylation sites (tertiary alicyclic amines) is 1. The van der Waals surface area contributed by atoms with Crippen molar-refractivity contribution in [1.29, 1.82) is 0 Å². The van der Waals surface area contributed by atoms with E-state index in [9.17, 15) is 9.59 Å². The molecule has 1 N–H and O–H groups in total. The summed E-state index contributed by atoms with van der Waals surface area (Å²) in [6.07, 6.45) is 0.464. The van der Waals surface area contributed by atoms with E-state index in [4.69, 9.17) is 0 Å². The van der Waals surface area contributed by atoms with Gasteiger partial charge in [0.05, 0.1) is 6.54 Å². The number of carbonyl (C=O) groups is 2. The Morgan fingerprint density at radius 1 is 0.962 bits per heavy atom. The van der Waals surface area contributed by atoms with Gasteiger partial charge >= 0.3 is 0 Å². The predicted octanol–water partition coefficient (Wildman–Crippen LogP) is 3.79. The Morgan fingerprint density at radius 3 is 2.54 bits per heavy atom. The molecule has 4 nitrogen and oxygen atoms in total. The number of hydrogen-bond donors (Lipinski definition) is 1. The van der Waals surface area contributed by atoms with Crippen LogP contribution in [0.2, 0.25) is 0 Å². The van der Waals surface area contributed by atoms with Gasteiger partial charge in [-0.3, -0.25) is 9.59 Å². The average Bonchev–Trinajstić information content (AvgIpc) is 3.03. The summed E-state index contributed by atoms with van der Waals surface area (Å²) >= 11 is 0. The molecule has 4 heteroatoms. The van der Waals surface area contributed by atoms with Crippen molar-refractivity contribution in [3.05, 3.63) is 78.4 Å². The highest BCUT2D eigenvalue weighted by Gasteiger charge is 2.31. The maximum atomic E-state index is 12.5. The van der Waals surface area contributed by atoms with Crippen LogP contribution in [0.25, 0.3) is 10.8 Å². The van der Waals surface area contributed by atoms with Crippen molar-refractivity contribution < 1.29 is 9.59 Å². The van der Waals surface area contributed by atoms with Gasteiger partial charge in [0, 0.05) is 30.0 Å². The lowest BCUT2D eigenvalue weighted by Gasteiger charge is -2.17.